The third kappa shape index (κ3) is 2.03. The Morgan fingerprint density at radius 2 is 1.14 bits per heavy atom. The van der Waals surface area contributed by atoms with E-state index < -0.39 is 0 Å². The van der Waals surface area contributed by atoms with Gasteiger partial charge in [0.05, 0.1) is 11.4 Å². The second-order valence-corrected chi connectivity index (χ2v) is 5.83. The first-order valence-electron chi connectivity index (χ1n) is 7.24. The van der Waals surface area contributed by atoms with E-state index in [2.05, 4.69) is 0 Å². The highest BCUT2D eigenvalue weighted by molar-refractivity contribution is 6.26. The Bertz CT molecular complexity index is 638. The molecule has 2 unspecified atom stereocenters. The maximum atomic E-state index is 12.2. The summed E-state index contributed by atoms with van der Waals surface area (Å²) < 4.78 is 0. The first-order valence-corrected chi connectivity index (χ1v) is 7.24. The van der Waals surface area contributed by atoms with Gasteiger partial charge in [-0.05, 0) is 12.1 Å². The van der Waals surface area contributed by atoms with Gasteiger partial charge in [-0.15, -0.1) is 0 Å². The number of anilines is 2. The Labute approximate surface area is 127 Å². The third-order valence-corrected chi connectivity index (χ3v) is 4.11. The molecule has 2 saturated heterocycles. The molecule has 0 saturated carbocycles. The molecular weight excluding hydrogens is 284 g/mol. The van der Waals surface area contributed by atoms with Crippen LogP contribution in [0.4, 0.5) is 11.4 Å². The molecule has 2 heterocycles. The maximum Gasteiger partial charge on any atom is 0.237 e. The first kappa shape index (κ1) is 14.4. The Morgan fingerprint density at radius 1 is 0.773 bits per heavy atom. The van der Waals surface area contributed by atoms with Gasteiger partial charge >= 0.3 is 0 Å². The molecular formula is C16H16N2O4. The first-order chi connectivity index (χ1) is 10.4. The van der Waals surface area contributed by atoms with Crippen molar-refractivity contribution < 1.29 is 19.2 Å². The van der Waals surface area contributed by atoms with Crippen LogP contribution in [0.3, 0.4) is 0 Å². The van der Waals surface area contributed by atoms with Crippen LogP contribution in [0.2, 0.25) is 0 Å². The number of hydrogen-bond acceptors (Lipinski definition) is 4. The number of rotatable bonds is 2. The zero-order valence-electron chi connectivity index (χ0n) is 12.4. The summed E-state index contributed by atoms with van der Waals surface area (Å²) in [5.74, 6) is -1.99. The van der Waals surface area contributed by atoms with Crippen LogP contribution >= 0.6 is 0 Å². The summed E-state index contributed by atoms with van der Waals surface area (Å²) in [5.41, 5.74) is 0.607. The van der Waals surface area contributed by atoms with Crippen molar-refractivity contribution in [2.75, 3.05) is 9.80 Å². The molecule has 4 amide bonds. The topological polar surface area (TPSA) is 74.8 Å². The minimum absolute atomic E-state index is 0.144. The molecule has 0 spiro atoms. The van der Waals surface area contributed by atoms with Gasteiger partial charge in [0.25, 0.3) is 0 Å². The molecule has 3 rings (SSSR count). The minimum Gasteiger partial charge on any atom is -0.274 e. The van der Waals surface area contributed by atoms with Gasteiger partial charge in [-0.3, -0.25) is 19.2 Å². The molecule has 2 aliphatic heterocycles. The fourth-order valence-corrected chi connectivity index (χ4v) is 2.92. The summed E-state index contributed by atoms with van der Waals surface area (Å²) in [6.45, 7) is 3.38. The maximum absolute atomic E-state index is 12.2. The Hall–Kier alpha value is -2.50. The fourth-order valence-electron chi connectivity index (χ4n) is 2.92. The monoisotopic (exact) mass is 300 g/mol. The van der Waals surface area contributed by atoms with E-state index >= 15 is 0 Å². The van der Waals surface area contributed by atoms with Crippen molar-refractivity contribution in [2.45, 2.75) is 26.7 Å². The average molecular weight is 300 g/mol. The van der Waals surface area contributed by atoms with Crippen LogP contribution in [0.15, 0.2) is 24.3 Å². The Kier molecular flexibility index (Phi) is 3.31. The SMILES string of the molecule is CC1CC(=O)N(c2ccccc2N2C(=O)CC(C)C2=O)C1=O. The van der Waals surface area contributed by atoms with Crippen molar-refractivity contribution in [3.8, 4) is 0 Å². The van der Waals surface area contributed by atoms with E-state index in [0.717, 1.165) is 9.80 Å². The number of imide groups is 2. The molecule has 1 aromatic rings. The summed E-state index contributed by atoms with van der Waals surface area (Å²) in [7, 11) is 0. The molecule has 2 atom stereocenters. The van der Waals surface area contributed by atoms with Crippen LogP contribution in [0, 0.1) is 11.8 Å². The number of carbonyl (C=O) groups excluding carboxylic acids is 4. The standard InChI is InChI=1S/C16H16N2O4/c1-9-7-13(19)17(15(9)21)11-5-3-4-6-12(11)18-14(20)8-10(2)16(18)22/h3-6,9-10H,7-8H2,1-2H3. The number of carbonyl (C=O) groups is 4. The lowest BCUT2D eigenvalue weighted by molar-refractivity contribution is -0.124. The van der Waals surface area contributed by atoms with Crippen molar-refractivity contribution in [2.24, 2.45) is 11.8 Å². The van der Waals surface area contributed by atoms with Gasteiger partial charge in [0.2, 0.25) is 23.6 Å². The lowest BCUT2D eigenvalue weighted by Crippen LogP contribution is -2.35. The predicted molar refractivity (Wildman–Crippen MR) is 79.0 cm³/mol. The second kappa shape index (κ2) is 5.05. The number of hydrogen-bond donors (Lipinski definition) is 0. The van der Waals surface area contributed by atoms with E-state index in [9.17, 15) is 19.2 Å². The van der Waals surface area contributed by atoms with Gasteiger partial charge in [-0.1, -0.05) is 26.0 Å². The molecule has 0 bridgehead atoms. The quantitative estimate of drug-likeness (QED) is 0.775. The van der Waals surface area contributed by atoms with E-state index in [1.54, 1.807) is 38.1 Å². The second-order valence-electron chi connectivity index (χ2n) is 5.83. The molecule has 0 aliphatic carbocycles. The van der Waals surface area contributed by atoms with Gasteiger partial charge in [0.15, 0.2) is 0 Å². The molecule has 0 N–H and O–H groups in total. The molecule has 2 aliphatic rings. The van der Waals surface area contributed by atoms with Crippen molar-refractivity contribution >= 4 is 35.0 Å². The van der Waals surface area contributed by atoms with Gasteiger partial charge in [0, 0.05) is 24.7 Å². The highest BCUT2D eigenvalue weighted by Crippen LogP contribution is 2.37. The molecule has 2 fully saturated rings. The normalized spacial score (nSPS) is 25.5. The summed E-state index contributed by atoms with van der Waals surface area (Å²) >= 11 is 0. The minimum atomic E-state index is -0.385. The van der Waals surface area contributed by atoms with Gasteiger partial charge in [-0.25, -0.2) is 9.80 Å². The summed E-state index contributed by atoms with van der Waals surface area (Å²) in [6, 6.07) is 6.53. The van der Waals surface area contributed by atoms with Crippen LogP contribution in [-0.2, 0) is 19.2 Å². The van der Waals surface area contributed by atoms with Crippen LogP contribution in [0.5, 0.6) is 0 Å². The lowest BCUT2D eigenvalue weighted by Gasteiger charge is -2.23. The van der Waals surface area contributed by atoms with Crippen LogP contribution in [0.1, 0.15) is 26.7 Å². The number of para-hydroxylation sites is 2. The van der Waals surface area contributed by atoms with Crippen molar-refractivity contribution in [1.29, 1.82) is 0 Å². The van der Waals surface area contributed by atoms with Crippen LogP contribution < -0.4 is 9.80 Å². The fraction of sp³-hybridized carbons (Fsp3) is 0.375. The summed E-state index contributed by atoms with van der Waals surface area (Å²) in [4.78, 5) is 50.8. The highest BCUT2D eigenvalue weighted by Gasteiger charge is 2.42. The third-order valence-electron chi connectivity index (χ3n) is 4.11. The zero-order valence-corrected chi connectivity index (χ0v) is 12.4. The summed E-state index contributed by atoms with van der Waals surface area (Å²) in [5, 5.41) is 0. The van der Waals surface area contributed by atoms with E-state index in [4.69, 9.17) is 0 Å². The van der Waals surface area contributed by atoms with E-state index in [-0.39, 0.29) is 48.3 Å². The molecule has 0 radical (unpaired) electrons. The van der Waals surface area contributed by atoms with Crippen molar-refractivity contribution in [3.05, 3.63) is 24.3 Å². The molecule has 6 nitrogen and oxygen atoms in total. The van der Waals surface area contributed by atoms with Crippen LogP contribution in [-0.4, -0.2) is 23.6 Å². The van der Waals surface area contributed by atoms with Gasteiger partial charge in [0.1, 0.15) is 0 Å². The number of benzene rings is 1. The smallest absolute Gasteiger partial charge is 0.237 e. The van der Waals surface area contributed by atoms with Crippen LogP contribution in [0.25, 0.3) is 0 Å². The predicted octanol–water partition coefficient (Wildman–Crippen LogP) is 1.49. The zero-order chi connectivity index (χ0) is 16.0. The Balaban J connectivity index is 2.08. The molecule has 6 heteroatoms. The van der Waals surface area contributed by atoms with Crippen molar-refractivity contribution in [3.63, 3.8) is 0 Å². The van der Waals surface area contributed by atoms with E-state index in [1.807, 2.05) is 0 Å². The average Bonchev–Trinajstić information content (AvgIpc) is 2.87. The van der Waals surface area contributed by atoms with E-state index in [1.165, 1.54) is 0 Å². The van der Waals surface area contributed by atoms with E-state index in [0.29, 0.717) is 11.4 Å². The molecule has 114 valence electrons. The van der Waals surface area contributed by atoms with Gasteiger partial charge in [-0.2, -0.15) is 0 Å². The lowest BCUT2D eigenvalue weighted by atomic mass is 10.1. The largest absolute Gasteiger partial charge is 0.274 e. The number of amides is 4. The molecule has 22 heavy (non-hydrogen) atoms. The van der Waals surface area contributed by atoms with Gasteiger partial charge < -0.3 is 0 Å². The number of nitrogens with zero attached hydrogens (tertiary/aromatic N) is 2. The van der Waals surface area contributed by atoms with Crippen molar-refractivity contribution in [1.82, 2.24) is 0 Å². The highest BCUT2D eigenvalue weighted by atomic mass is 16.2. The summed E-state index contributed by atoms with van der Waals surface area (Å²) in [6.07, 6.45) is 0.289. The molecule has 0 aromatic heterocycles. The molecule has 1 aromatic carbocycles. The Morgan fingerprint density at radius 3 is 1.41 bits per heavy atom.